The van der Waals surface area contributed by atoms with Crippen molar-refractivity contribution in [3.05, 3.63) is 0 Å². The maximum Gasteiger partial charge on any atom is 0.126 e. The van der Waals surface area contributed by atoms with Crippen LogP contribution in [0.4, 0.5) is 4.39 Å². The molecule has 2 saturated heterocycles. The molecule has 27 heavy (non-hydrogen) atoms. The summed E-state index contributed by atoms with van der Waals surface area (Å²) in [5, 5.41) is 0. The van der Waals surface area contributed by atoms with Gasteiger partial charge in [-0.15, -0.1) is 0 Å². The standard InChI is InChI=1S/C12H25NO.C11H22FN/c1-10(2)12(14-5)6-8-13(9-7-12)11(3)4;1-9(2)11(12)6-5-7-13(8-11)10(3)4/h10-11H,6-9H2,1-5H3;9-10H,5-8H2,1-4H3. The Morgan fingerprint density at radius 1 is 0.741 bits per heavy atom. The van der Waals surface area contributed by atoms with Crippen LogP contribution in [-0.2, 0) is 4.74 Å². The molecule has 0 spiro atoms. The quantitative estimate of drug-likeness (QED) is 0.630. The van der Waals surface area contributed by atoms with E-state index in [1.165, 1.54) is 25.9 Å². The molecule has 2 fully saturated rings. The van der Waals surface area contributed by atoms with Gasteiger partial charge < -0.3 is 9.64 Å². The molecular formula is C23H47FN2O. The highest BCUT2D eigenvalue weighted by Gasteiger charge is 2.39. The molecule has 0 amide bonds. The van der Waals surface area contributed by atoms with Crippen molar-refractivity contribution in [2.75, 3.05) is 33.3 Å². The van der Waals surface area contributed by atoms with Crippen molar-refractivity contribution < 1.29 is 9.13 Å². The average Bonchev–Trinajstić information content (AvgIpc) is 2.62. The van der Waals surface area contributed by atoms with E-state index in [2.05, 4.69) is 51.3 Å². The summed E-state index contributed by atoms with van der Waals surface area (Å²) in [5.41, 5.74) is -0.798. The van der Waals surface area contributed by atoms with Gasteiger partial charge in [-0.05, 0) is 71.8 Å². The molecule has 0 aromatic heterocycles. The zero-order valence-corrected chi connectivity index (χ0v) is 19.6. The number of ether oxygens (including phenoxy) is 1. The number of halogens is 1. The molecule has 1 atom stereocenters. The average molecular weight is 387 g/mol. The third kappa shape index (κ3) is 6.68. The molecule has 2 rings (SSSR count). The highest BCUT2D eigenvalue weighted by Crippen LogP contribution is 2.34. The van der Waals surface area contributed by atoms with E-state index in [1.54, 1.807) is 0 Å². The van der Waals surface area contributed by atoms with Gasteiger partial charge in [0.1, 0.15) is 5.67 Å². The Morgan fingerprint density at radius 2 is 1.26 bits per heavy atom. The predicted molar refractivity (Wildman–Crippen MR) is 115 cm³/mol. The van der Waals surface area contributed by atoms with E-state index in [4.69, 9.17) is 4.74 Å². The van der Waals surface area contributed by atoms with E-state index in [0.717, 1.165) is 19.4 Å². The summed E-state index contributed by atoms with van der Waals surface area (Å²) in [6, 6.07) is 1.16. The molecule has 2 aliphatic rings. The Hall–Kier alpha value is -0.190. The minimum absolute atomic E-state index is 0.144. The number of hydrogen-bond donors (Lipinski definition) is 0. The number of hydrogen-bond acceptors (Lipinski definition) is 3. The van der Waals surface area contributed by atoms with Crippen molar-refractivity contribution >= 4 is 0 Å². The lowest BCUT2D eigenvalue weighted by molar-refractivity contribution is -0.0921. The topological polar surface area (TPSA) is 15.7 Å². The van der Waals surface area contributed by atoms with Crippen molar-refractivity contribution in [1.82, 2.24) is 9.80 Å². The van der Waals surface area contributed by atoms with E-state index in [0.29, 0.717) is 24.5 Å². The van der Waals surface area contributed by atoms with E-state index >= 15 is 0 Å². The first-order chi connectivity index (χ1) is 12.5. The molecule has 0 saturated carbocycles. The fraction of sp³-hybridized carbons (Fsp3) is 1.00. The molecule has 3 nitrogen and oxygen atoms in total. The van der Waals surface area contributed by atoms with Crippen LogP contribution in [0.15, 0.2) is 0 Å². The molecule has 1 unspecified atom stereocenters. The predicted octanol–water partition coefficient (Wildman–Crippen LogP) is 5.39. The van der Waals surface area contributed by atoms with Gasteiger partial charge in [0.2, 0.25) is 0 Å². The molecule has 162 valence electrons. The second-order valence-corrected chi connectivity index (χ2v) is 9.91. The van der Waals surface area contributed by atoms with Crippen molar-refractivity contribution in [2.24, 2.45) is 11.8 Å². The van der Waals surface area contributed by atoms with Crippen LogP contribution >= 0.6 is 0 Å². The van der Waals surface area contributed by atoms with Gasteiger partial charge in [0.15, 0.2) is 0 Å². The summed E-state index contributed by atoms with van der Waals surface area (Å²) >= 11 is 0. The van der Waals surface area contributed by atoms with Gasteiger partial charge >= 0.3 is 0 Å². The number of alkyl halides is 1. The van der Waals surface area contributed by atoms with Gasteiger partial charge in [-0.25, -0.2) is 4.39 Å². The van der Waals surface area contributed by atoms with Gasteiger partial charge in [-0.1, -0.05) is 27.7 Å². The minimum atomic E-state index is -0.942. The second kappa shape index (κ2) is 10.5. The van der Waals surface area contributed by atoms with E-state index in [1.807, 2.05) is 21.0 Å². The molecule has 4 heteroatoms. The fourth-order valence-electron chi connectivity index (χ4n) is 4.42. The summed E-state index contributed by atoms with van der Waals surface area (Å²) in [4.78, 5) is 4.79. The smallest absolute Gasteiger partial charge is 0.126 e. The molecular weight excluding hydrogens is 339 g/mol. The molecule has 0 aliphatic carbocycles. The summed E-state index contributed by atoms with van der Waals surface area (Å²) < 4.78 is 20.0. The van der Waals surface area contributed by atoms with Crippen molar-refractivity contribution in [1.29, 1.82) is 0 Å². The van der Waals surface area contributed by atoms with Crippen LogP contribution in [0, 0.1) is 11.8 Å². The lowest BCUT2D eigenvalue weighted by Crippen LogP contribution is -2.50. The summed E-state index contributed by atoms with van der Waals surface area (Å²) in [7, 11) is 1.87. The summed E-state index contributed by atoms with van der Waals surface area (Å²) in [5.74, 6) is 0.774. The third-order valence-corrected chi connectivity index (χ3v) is 7.10. The van der Waals surface area contributed by atoms with Crippen molar-refractivity contribution in [3.63, 3.8) is 0 Å². The zero-order chi connectivity index (χ0) is 20.8. The molecule has 0 N–H and O–H groups in total. The molecule has 0 radical (unpaired) electrons. The largest absolute Gasteiger partial charge is 0.378 e. The lowest BCUT2D eigenvalue weighted by Gasteiger charge is -2.44. The Morgan fingerprint density at radius 3 is 1.63 bits per heavy atom. The van der Waals surface area contributed by atoms with Crippen LogP contribution in [0.1, 0.15) is 81.1 Å². The summed E-state index contributed by atoms with van der Waals surface area (Å²) in [6.07, 6.45) is 4.11. The van der Waals surface area contributed by atoms with Crippen molar-refractivity contribution in [2.45, 2.75) is 104 Å². The number of nitrogens with zero attached hydrogens (tertiary/aromatic N) is 2. The Bertz CT molecular complexity index is 417. The van der Waals surface area contributed by atoms with Gasteiger partial charge in [-0.3, -0.25) is 4.90 Å². The highest BCUT2D eigenvalue weighted by molar-refractivity contribution is 4.91. The van der Waals surface area contributed by atoms with Crippen LogP contribution in [-0.4, -0.2) is 66.4 Å². The third-order valence-electron chi connectivity index (χ3n) is 7.10. The number of methoxy groups -OCH3 is 1. The number of likely N-dealkylation sites (tertiary alicyclic amines) is 2. The lowest BCUT2D eigenvalue weighted by atomic mass is 9.81. The van der Waals surface area contributed by atoms with Crippen LogP contribution in [0.2, 0.25) is 0 Å². The zero-order valence-electron chi connectivity index (χ0n) is 19.6. The maximum atomic E-state index is 14.3. The molecule has 0 aromatic carbocycles. The molecule has 2 aliphatic heterocycles. The van der Waals surface area contributed by atoms with Crippen molar-refractivity contribution in [3.8, 4) is 0 Å². The second-order valence-electron chi connectivity index (χ2n) is 9.91. The number of rotatable bonds is 5. The van der Waals surface area contributed by atoms with Crippen LogP contribution in [0.3, 0.4) is 0 Å². The normalized spacial score (nSPS) is 27.3. The Balaban J connectivity index is 0.000000271. The first kappa shape index (κ1) is 24.8. The van der Waals surface area contributed by atoms with Gasteiger partial charge in [0.25, 0.3) is 0 Å². The van der Waals surface area contributed by atoms with E-state index in [9.17, 15) is 4.39 Å². The van der Waals surface area contributed by atoms with E-state index in [-0.39, 0.29) is 11.5 Å². The SMILES string of the molecule is CC(C)N1CCCC(F)(C(C)C)C1.COC1(C(C)C)CCN(C(C)C)CC1. The van der Waals surface area contributed by atoms with Crippen LogP contribution < -0.4 is 0 Å². The van der Waals surface area contributed by atoms with Gasteiger partial charge in [-0.2, -0.15) is 0 Å². The monoisotopic (exact) mass is 386 g/mol. The Kier molecular flexibility index (Phi) is 9.71. The molecule has 0 aromatic rings. The van der Waals surface area contributed by atoms with Gasteiger partial charge in [0.05, 0.1) is 5.60 Å². The first-order valence-corrected chi connectivity index (χ1v) is 11.2. The maximum absolute atomic E-state index is 14.3. The minimum Gasteiger partial charge on any atom is -0.378 e. The van der Waals surface area contributed by atoms with Gasteiger partial charge in [0, 0.05) is 38.8 Å². The number of piperidine rings is 2. The molecule has 2 heterocycles. The molecule has 0 bridgehead atoms. The van der Waals surface area contributed by atoms with Crippen LogP contribution in [0.5, 0.6) is 0 Å². The summed E-state index contributed by atoms with van der Waals surface area (Å²) in [6.45, 7) is 21.4. The van der Waals surface area contributed by atoms with Crippen LogP contribution in [0.25, 0.3) is 0 Å². The fourth-order valence-corrected chi connectivity index (χ4v) is 4.42. The highest BCUT2D eigenvalue weighted by atomic mass is 19.1. The van der Waals surface area contributed by atoms with E-state index < -0.39 is 5.67 Å². The first-order valence-electron chi connectivity index (χ1n) is 11.2. The Labute approximate surface area is 169 Å².